The van der Waals surface area contributed by atoms with E-state index in [1.165, 1.54) is 4.90 Å². The maximum Gasteiger partial charge on any atom is 0.326 e. The van der Waals surface area contributed by atoms with Crippen LogP contribution in [0, 0.1) is 5.92 Å². The molecule has 0 aromatic heterocycles. The summed E-state index contributed by atoms with van der Waals surface area (Å²) in [6.45, 7) is 4.16. The minimum absolute atomic E-state index is 0.110. The van der Waals surface area contributed by atoms with Gasteiger partial charge in [-0.2, -0.15) is 0 Å². The first-order chi connectivity index (χ1) is 9.45. The van der Waals surface area contributed by atoms with E-state index in [1.807, 2.05) is 44.2 Å². The molecular formula is C15H22N2O3. The molecule has 2 amide bonds. The third-order valence-electron chi connectivity index (χ3n) is 3.37. The first-order valence-corrected chi connectivity index (χ1v) is 6.74. The van der Waals surface area contributed by atoms with Crippen LogP contribution in [-0.4, -0.2) is 35.1 Å². The van der Waals surface area contributed by atoms with Crippen molar-refractivity contribution in [3.05, 3.63) is 35.9 Å². The van der Waals surface area contributed by atoms with Gasteiger partial charge in [-0.25, -0.2) is 9.59 Å². The van der Waals surface area contributed by atoms with Crippen LogP contribution in [0.25, 0.3) is 0 Å². The van der Waals surface area contributed by atoms with Gasteiger partial charge >= 0.3 is 12.0 Å². The zero-order chi connectivity index (χ0) is 15.1. The molecule has 0 aliphatic carbocycles. The zero-order valence-electron chi connectivity index (χ0n) is 12.2. The number of carboxylic acid groups (broad SMARTS) is 1. The van der Waals surface area contributed by atoms with Crippen LogP contribution in [0.3, 0.4) is 0 Å². The smallest absolute Gasteiger partial charge is 0.326 e. The zero-order valence-corrected chi connectivity index (χ0v) is 12.2. The fourth-order valence-electron chi connectivity index (χ4n) is 1.86. The maximum atomic E-state index is 12.0. The lowest BCUT2D eigenvalue weighted by Gasteiger charge is -2.24. The van der Waals surface area contributed by atoms with Crippen LogP contribution in [0.15, 0.2) is 30.3 Å². The van der Waals surface area contributed by atoms with Gasteiger partial charge in [0.15, 0.2) is 0 Å². The number of hydrogen-bond acceptors (Lipinski definition) is 2. The summed E-state index contributed by atoms with van der Waals surface area (Å²) in [5.74, 6) is -1.11. The van der Waals surface area contributed by atoms with Crippen LogP contribution in [-0.2, 0) is 11.3 Å². The normalized spacial score (nSPS) is 13.3. The van der Waals surface area contributed by atoms with Crippen LogP contribution in [0.4, 0.5) is 4.79 Å². The van der Waals surface area contributed by atoms with Gasteiger partial charge in [0.1, 0.15) is 6.04 Å². The average Bonchev–Trinajstić information content (AvgIpc) is 2.44. The molecule has 1 aromatic rings. The molecule has 0 aliphatic rings. The lowest BCUT2D eigenvalue weighted by molar-refractivity contribution is -0.140. The highest BCUT2D eigenvalue weighted by molar-refractivity contribution is 5.82. The summed E-state index contributed by atoms with van der Waals surface area (Å²) in [4.78, 5) is 24.7. The summed E-state index contributed by atoms with van der Waals surface area (Å²) < 4.78 is 0. The summed E-state index contributed by atoms with van der Waals surface area (Å²) in [7, 11) is 1.65. The second kappa shape index (κ2) is 7.53. The predicted molar refractivity (Wildman–Crippen MR) is 77.3 cm³/mol. The van der Waals surface area contributed by atoms with Crippen molar-refractivity contribution in [2.45, 2.75) is 32.9 Å². The van der Waals surface area contributed by atoms with Crippen molar-refractivity contribution in [1.82, 2.24) is 10.2 Å². The van der Waals surface area contributed by atoms with Gasteiger partial charge in [0.25, 0.3) is 0 Å². The fraction of sp³-hybridized carbons (Fsp3) is 0.467. The Labute approximate surface area is 119 Å². The Morgan fingerprint density at radius 3 is 2.40 bits per heavy atom. The van der Waals surface area contributed by atoms with Crippen LogP contribution in [0.1, 0.15) is 25.8 Å². The molecule has 1 aromatic carbocycles. The van der Waals surface area contributed by atoms with Crippen molar-refractivity contribution < 1.29 is 14.7 Å². The highest BCUT2D eigenvalue weighted by atomic mass is 16.4. The van der Waals surface area contributed by atoms with E-state index in [-0.39, 0.29) is 11.9 Å². The minimum Gasteiger partial charge on any atom is -0.480 e. The Bertz CT molecular complexity index is 448. The van der Waals surface area contributed by atoms with E-state index in [4.69, 9.17) is 5.11 Å². The van der Waals surface area contributed by atoms with Gasteiger partial charge in [-0.15, -0.1) is 0 Å². The first-order valence-electron chi connectivity index (χ1n) is 6.74. The van der Waals surface area contributed by atoms with E-state index >= 15 is 0 Å². The molecule has 2 N–H and O–H groups in total. The molecule has 0 saturated carbocycles. The van der Waals surface area contributed by atoms with E-state index in [9.17, 15) is 9.59 Å². The van der Waals surface area contributed by atoms with Gasteiger partial charge in [-0.1, -0.05) is 50.6 Å². The number of urea groups is 1. The van der Waals surface area contributed by atoms with Gasteiger partial charge < -0.3 is 15.3 Å². The van der Waals surface area contributed by atoms with Crippen LogP contribution >= 0.6 is 0 Å². The molecule has 5 heteroatoms. The largest absolute Gasteiger partial charge is 0.480 e. The molecule has 0 fully saturated rings. The van der Waals surface area contributed by atoms with Crippen LogP contribution < -0.4 is 5.32 Å². The van der Waals surface area contributed by atoms with E-state index in [0.717, 1.165) is 5.56 Å². The number of carboxylic acids is 1. The maximum absolute atomic E-state index is 12.0. The van der Waals surface area contributed by atoms with Crippen molar-refractivity contribution >= 4 is 12.0 Å². The fourth-order valence-corrected chi connectivity index (χ4v) is 1.86. The van der Waals surface area contributed by atoms with Crippen molar-refractivity contribution in [2.75, 3.05) is 7.05 Å². The average molecular weight is 278 g/mol. The number of benzene rings is 1. The van der Waals surface area contributed by atoms with Crippen LogP contribution in [0.2, 0.25) is 0 Å². The first kappa shape index (κ1) is 16.0. The lowest BCUT2D eigenvalue weighted by atomic mass is 9.99. The molecule has 2 atom stereocenters. The number of hydrogen-bond donors (Lipinski definition) is 2. The standard InChI is InChI=1S/C15H22N2O3/c1-4-11(2)13(14(18)19)16-15(20)17(3)10-12-8-6-5-7-9-12/h5-9,11,13H,4,10H2,1-3H3,(H,16,20)(H,18,19)/t11?,13-/m0/s1. The summed E-state index contributed by atoms with van der Waals surface area (Å²) in [5.41, 5.74) is 1.00. The molecule has 0 aliphatic heterocycles. The van der Waals surface area contributed by atoms with Crippen LogP contribution in [0.5, 0.6) is 0 Å². The molecule has 0 radical (unpaired) electrons. The number of aliphatic carboxylic acids is 1. The van der Waals surface area contributed by atoms with E-state index in [2.05, 4.69) is 5.32 Å². The predicted octanol–water partition coefficient (Wildman–Crippen LogP) is 2.33. The Morgan fingerprint density at radius 1 is 1.30 bits per heavy atom. The summed E-state index contributed by atoms with van der Waals surface area (Å²) in [6.07, 6.45) is 0.694. The minimum atomic E-state index is -0.999. The number of carbonyl (C=O) groups is 2. The van der Waals surface area contributed by atoms with E-state index in [0.29, 0.717) is 13.0 Å². The third-order valence-corrected chi connectivity index (χ3v) is 3.37. The van der Waals surface area contributed by atoms with Gasteiger partial charge in [0.2, 0.25) is 0 Å². The van der Waals surface area contributed by atoms with Gasteiger partial charge in [0.05, 0.1) is 0 Å². The third kappa shape index (κ3) is 4.57. The Kier molecular flexibility index (Phi) is 6.03. The molecule has 0 spiro atoms. The summed E-state index contributed by atoms with van der Waals surface area (Å²) in [5, 5.41) is 11.7. The topological polar surface area (TPSA) is 69.6 Å². The van der Waals surface area contributed by atoms with Crippen molar-refractivity contribution in [3.63, 3.8) is 0 Å². The second-order valence-corrected chi connectivity index (χ2v) is 4.99. The molecule has 20 heavy (non-hydrogen) atoms. The summed E-state index contributed by atoms with van der Waals surface area (Å²) >= 11 is 0. The Hall–Kier alpha value is -2.04. The molecule has 110 valence electrons. The molecule has 5 nitrogen and oxygen atoms in total. The van der Waals surface area contributed by atoms with Gasteiger partial charge in [0, 0.05) is 13.6 Å². The van der Waals surface area contributed by atoms with Gasteiger partial charge in [-0.3, -0.25) is 0 Å². The second-order valence-electron chi connectivity index (χ2n) is 4.99. The molecule has 0 bridgehead atoms. The number of nitrogens with one attached hydrogen (secondary N) is 1. The molecule has 0 saturated heterocycles. The van der Waals surface area contributed by atoms with Gasteiger partial charge in [-0.05, 0) is 11.5 Å². The highest BCUT2D eigenvalue weighted by Crippen LogP contribution is 2.09. The quantitative estimate of drug-likeness (QED) is 0.839. The monoisotopic (exact) mass is 278 g/mol. The number of carbonyl (C=O) groups excluding carboxylic acids is 1. The molecule has 1 unspecified atom stereocenters. The molecular weight excluding hydrogens is 256 g/mol. The molecule has 0 heterocycles. The number of amides is 2. The SMILES string of the molecule is CCC(C)[C@H](NC(=O)N(C)Cc1ccccc1)C(=O)O. The number of rotatable bonds is 6. The molecule has 1 rings (SSSR count). The Morgan fingerprint density at radius 2 is 1.90 bits per heavy atom. The Balaban J connectivity index is 2.62. The van der Waals surface area contributed by atoms with E-state index < -0.39 is 12.0 Å². The van der Waals surface area contributed by atoms with Crippen molar-refractivity contribution in [1.29, 1.82) is 0 Å². The van der Waals surface area contributed by atoms with Crippen molar-refractivity contribution in [2.24, 2.45) is 5.92 Å². The van der Waals surface area contributed by atoms with E-state index in [1.54, 1.807) is 7.05 Å². The highest BCUT2D eigenvalue weighted by Gasteiger charge is 2.26. The summed E-state index contributed by atoms with van der Waals surface area (Å²) in [6, 6.07) is 8.33. The van der Waals surface area contributed by atoms with Crippen molar-refractivity contribution in [3.8, 4) is 0 Å². The number of nitrogens with zero attached hydrogens (tertiary/aromatic N) is 1. The lowest BCUT2D eigenvalue weighted by Crippen LogP contribution is -2.49.